The first kappa shape index (κ1) is 23.8. The minimum Gasteiger partial charge on any atom is -0.481 e. The average Bonchev–Trinajstić information content (AvgIpc) is 3.39. The molecule has 7 heteroatoms. The molecule has 2 atom stereocenters. The number of nitrogens with one attached hydrogen (secondary N) is 1. The zero-order valence-electron chi connectivity index (χ0n) is 19.5. The highest BCUT2D eigenvalue weighted by Crippen LogP contribution is 2.44. The van der Waals surface area contributed by atoms with Gasteiger partial charge in [0, 0.05) is 31.5 Å². The minimum absolute atomic E-state index is 0.00597. The third-order valence-electron chi connectivity index (χ3n) is 7.07. The molecule has 0 heterocycles. The molecule has 2 aromatic carbocycles. The molecule has 180 valence electrons. The maximum absolute atomic E-state index is 12.7. The average molecular weight is 465 g/mol. The SMILES string of the molecule is CCN(CCC(=O)O)C(=O)CC1CCCC1NC(=O)OCC1c2ccccc2-c2ccccc21. The molecule has 0 aromatic heterocycles. The summed E-state index contributed by atoms with van der Waals surface area (Å²) in [5.74, 6) is -0.935. The van der Waals surface area contributed by atoms with Crippen LogP contribution in [0.15, 0.2) is 48.5 Å². The second-order valence-corrected chi connectivity index (χ2v) is 9.09. The lowest BCUT2D eigenvalue weighted by atomic mass is 9.98. The van der Waals surface area contributed by atoms with E-state index in [1.54, 1.807) is 4.90 Å². The molecule has 2 aromatic rings. The lowest BCUT2D eigenvalue weighted by molar-refractivity contribution is -0.138. The number of alkyl carbamates (subject to hydrolysis) is 1. The number of fused-ring (bicyclic) bond motifs is 3. The van der Waals surface area contributed by atoms with E-state index in [4.69, 9.17) is 9.84 Å². The molecule has 0 radical (unpaired) electrons. The smallest absolute Gasteiger partial charge is 0.407 e. The number of carbonyl (C=O) groups excluding carboxylic acids is 2. The highest BCUT2D eigenvalue weighted by molar-refractivity contribution is 5.79. The minimum atomic E-state index is -0.915. The molecule has 2 aliphatic rings. The highest BCUT2D eigenvalue weighted by atomic mass is 16.5. The van der Waals surface area contributed by atoms with Gasteiger partial charge in [0.25, 0.3) is 0 Å². The molecular weight excluding hydrogens is 432 g/mol. The summed E-state index contributed by atoms with van der Waals surface area (Å²) in [7, 11) is 0. The van der Waals surface area contributed by atoms with Crippen molar-refractivity contribution in [2.75, 3.05) is 19.7 Å². The van der Waals surface area contributed by atoms with Gasteiger partial charge in [0.15, 0.2) is 0 Å². The molecule has 0 bridgehead atoms. The van der Waals surface area contributed by atoms with Crippen molar-refractivity contribution in [3.8, 4) is 11.1 Å². The third-order valence-corrected chi connectivity index (χ3v) is 7.07. The summed E-state index contributed by atoms with van der Waals surface area (Å²) in [4.78, 5) is 37.8. The van der Waals surface area contributed by atoms with E-state index in [-0.39, 0.29) is 43.4 Å². The molecule has 0 spiro atoms. The first-order valence-corrected chi connectivity index (χ1v) is 12.1. The quantitative estimate of drug-likeness (QED) is 0.573. The molecule has 7 nitrogen and oxygen atoms in total. The summed E-state index contributed by atoms with van der Waals surface area (Å²) in [5, 5.41) is 11.9. The summed E-state index contributed by atoms with van der Waals surface area (Å²) in [6, 6.07) is 16.3. The van der Waals surface area contributed by atoms with Crippen LogP contribution in [0.2, 0.25) is 0 Å². The molecule has 2 aliphatic carbocycles. The van der Waals surface area contributed by atoms with Gasteiger partial charge in [0.05, 0.1) is 6.42 Å². The van der Waals surface area contributed by atoms with Crippen LogP contribution < -0.4 is 5.32 Å². The van der Waals surface area contributed by atoms with Gasteiger partial charge in [-0.2, -0.15) is 0 Å². The van der Waals surface area contributed by atoms with Crippen molar-refractivity contribution in [1.82, 2.24) is 10.2 Å². The Balaban J connectivity index is 1.32. The number of hydrogen-bond donors (Lipinski definition) is 2. The Morgan fingerprint density at radius 1 is 1.03 bits per heavy atom. The Hall–Kier alpha value is -3.35. The Kier molecular flexibility index (Phi) is 7.50. The monoisotopic (exact) mass is 464 g/mol. The van der Waals surface area contributed by atoms with E-state index in [0.29, 0.717) is 13.0 Å². The van der Waals surface area contributed by atoms with Crippen molar-refractivity contribution in [2.24, 2.45) is 5.92 Å². The number of amides is 2. The van der Waals surface area contributed by atoms with Gasteiger partial charge >= 0.3 is 12.1 Å². The largest absolute Gasteiger partial charge is 0.481 e. The summed E-state index contributed by atoms with van der Waals surface area (Å²) < 4.78 is 5.68. The normalized spacial score (nSPS) is 18.7. The fourth-order valence-electron chi connectivity index (χ4n) is 5.31. The van der Waals surface area contributed by atoms with Crippen molar-refractivity contribution in [3.63, 3.8) is 0 Å². The van der Waals surface area contributed by atoms with Crippen LogP contribution in [0.25, 0.3) is 11.1 Å². The van der Waals surface area contributed by atoms with Gasteiger partial charge < -0.3 is 20.1 Å². The Morgan fingerprint density at radius 3 is 2.29 bits per heavy atom. The lowest BCUT2D eigenvalue weighted by Gasteiger charge is -2.25. The maximum atomic E-state index is 12.7. The van der Waals surface area contributed by atoms with Crippen LogP contribution in [0.3, 0.4) is 0 Å². The summed E-state index contributed by atoms with van der Waals surface area (Å²) in [6.45, 7) is 2.79. The predicted molar refractivity (Wildman–Crippen MR) is 128 cm³/mol. The van der Waals surface area contributed by atoms with E-state index in [2.05, 4.69) is 29.6 Å². The number of benzene rings is 2. The summed E-state index contributed by atoms with van der Waals surface area (Å²) in [6.07, 6.45) is 2.39. The Labute approximate surface area is 200 Å². The fourth-order valence-corrected chi connectivity index (χ4v) is 5.31. The Morgan fingerprint density at radius 2 is 1.68 bits per heavy atom. The van der Waals surface area contributed by atoms with Crippen LogP contribution in [0.1, 0.15) is 56.1 Å². The molecule has 1 fully saturated rings. The van der Waals surface area contributed by atoms with Gasteiger partial charge in [-0.05, 0) is 47.9 Å². The van der Waals surface area contributed by atoms with Crippen LogP contribution in [-0.4, -0.2) is 53.7 Å². The molecule has 1 saturated carbocycles. The van der Waals surface area contributed by atoms with E-state index in [9.17, 15) is 14.4 Å². The zero-order valence-corrected chi connectivity index (χ0v) is 19.5. The van der Waals surface area contributed by atoms with Gasteiger partial charge in [-0.1, -0.05) is 55.0 Å². The second kappa shape index (κ2) is 10.7. The number of nitrogens with zero attached hydrogens (tertiary/aromatic N) is 1. The van der Waals surface area contributed by atoms with Crippen LogP contribution >= 0.6 is 0 Å². The van der Waals surface area contributed by atoms with Crippen LogP contribution in [0, 0.1) is 5.92 Å². The third kappa shape index (κ3) is 5.24. The van der Waals surface area contributed by atoms with Crippen LogP contribution in [0.4, 0.5) is 4.79 Å². The summed E-state index contributed by atoms with van der Waals surface area (Å²) in [5.41, 5.74) is 4.71. The zero-order chi connectivity index (χ0) is 24.1. The van der Waals surface area contributed by atoms with Gasteiger partial charge in [-0.3, -0.25) is 9.59 Å². The second-order valence-electron chi connectivity index (χ2n) is 9.09. The van der Waals surface area contributed by atoms with E-state index in [1.807, 2.05) is 31.2 Å². The predicted octanol–water partition coefficient (Wildman–Crippen LogP) is 4.41. The van der Waals surface area contributed by atoms with Crippen molar-refractivity contribution in [1.29, 1.82) is 0 Å². The van der Waals surface area contributed by atoms with Crippen LogP contribution in [-0.2, 0) is 14.3 Å². The standard InChI is InChI=1S/C27H32N2O5/c1-2-29(15-14-26(31)32)25(30)16-18-8-7-13-24(18)28-27(33)34-17-23-21-11-5-3-9-19(21)20-10-4-6-12-22(20)23/h3-6,9-12,18,23-24H,2,7-8,13-17H2,1H3,(H,28,33)(H,31,32). The number of aliphatic carboxylic acids is 1. The van der Waals surface area contributed by atoms with Gasteiger partial charge in [0.1, 0.15) is 6.61 Å². The number of carbonyl (C=O) groups is 3. The maximum Gasteiger partial charge on any atom is 0.407 e. The molecule has 0 saturated heterocycles. The van der Waals surface area contributed by atoms with Crippen molar-refractivity contribution in [2.45, 2.75) is 51.0 Å². The topological polar surface area (TPSA) is 95.9 Å². The Bertz CT molecular complexity index is 1010. The van der Waals surface area contributed by atoms with Crippen LogP contribution in [0.5, 0.6) is 0 Å². The number of hydrogen-bond acceptors (Lipinski definition) is 4. The van der Waals surface area contributed by atoms with Crippen molar-refractivity contribution >= 4 is 18.0 Å². The van der Waals surface area contributed by atoms with Crippen molar-refractivity contribution in [3.05, 3.63) is 59.7 Å². The lowest BCUT2D eigenvalue weighted by Crippen LogP contribution is -2.41. The number of carboxylic acids is 1. The molecular formula is C27H32N2O5. The van der Waals surface area contributed by atoms with E-state index in [0.717, 1.165) is 19.3 Å². The molecule has 2 amide bonds. The number of ether oxygens (including phenoxy) is 1. The first-order chi connectivity index (χ1) is 16.5. The summed E-state index contributed by atoms with van der Waals surface area (Å²) >= 11 is 0. The molecule has 34 heavy (non-hydrogen) atoms. The molecule has 4 rings (SSSR count). The number of rotatable bonds is 9. The first-order valence-electron chi connectivity index (χ1n) is 12.1. The molecule has 0 aliphatic heterocycles. The van der Waals surface area contributed by atoms with Gasteiger partial charge in [-0.15, -0.1) is 0 Å². The van der Waals surface area contributed by atoms with E-state index >= 15 is 0 Å². The van der Waals surface area contributed by atoms with Gasteiger partial charge in [-0.25, -0.2) is 4.79 Å². The van der Waals surface area contributed by atoms with E-state index < -0.39 is 12.1 Å². The van der Waals surface area contributed by atoms with Gasteiger partial charge in [0.2, 0.25) is 5.91 Å². The highest BCUT2D eigenvalue weighted by Gasteiger charge is 2.33. The fraction of sp³-hybridized carbons (Fsp3) is 0.444. The molecule has 2 unspecified atom stereocenters. The number of carboxylic acid groups (broad SMARTS) is 1. The molecule has 2 N–H and O–H groups in total. The van der Waals surface area contributed by atoms with E-state index in [1.165, 1.54) is 22.3 Å². The van der Waals surface area contributed by atoms with Crippen molar-refractivity contribution < 1.29 is 24.2 Å².